The molecule has 34 heavy (non-hydrogen) atoms. The summed E-state index contributed by atoms with van der Waals surface area (Å²) >= 11 is 1.52. The maximum Gasteiger partial charge on any atom is 0.263 e. The molecule has 9 heteroatoms. The van der Waals surface area contributed by atoms with E-state index in [9.17, 15) is 13.2 Å². The molecule has 7 nitrogen and oxygen atoms in total. The van der Waals surface area contributed by atoms with Gasteiger partial charge in [-0.15, -0.1) is 11.3 Å². The second-order valence-corrected chi connectivity index (χ2v) is 11.5. The van der Waals surface area contributed by atoms with Crippen LogP contribution >= 0.6 is 11.3 Å². The Balaban J connectivity index is 1.62. The zero-order valence-electron chi connectivity index (χ0n) is 19.0. The Morgan fingerprint density at radius 2 is 1.76 bits per heavy atom. The van der Waals surface area contributed by atoms with E-state index in [-0.39, 0.29) is 17.0 Å². The summed E-state index contributed by atoms with van der Waals surface area (Å²) in [6.45, 7) is 5.60. The van der Waals surface area contributed by atoms with E-state index in [1.807, 2.05) is 50.2 Å². The SMILES string of the molecule is Cc1sc2nc(-c3ccccc3)n(Cc3cccc(S(=O)(=O)N4CCOCC4)c3)c(=O)c2c1C. The minimum atomic E-state index is -3.64. The van der Waals surface area contributed by atoms with E-state index in [4.69, 9.17) is 9.72 Å². The minimum absolute atomic E-state index is 0.118. The van der Waals surface area contributed by atoms with Crippen molar-refractivity contribution >= 4 is 31.6 Å². The van der Waals surface area contributed by atoms with Gasteiger partial charge in [0.15, 0.2) is 0 Å². The van der Waals surface area contributed by atoms with E-state index in [0.29, 0.717) is 37.5 Å². The van der Waals surface area contributed by atoms with Gasteiger partial charge in [-0.05, 0) is 37.1 Å². The van der Waals surface area contributed by atoms with Gasteiger partial charge < -0.3 is 4.74 Å². The third-order valence-corrected chi connectivity index (χ3v) is 9.16. The number of fused-ring (bicyclic) bond motifs is 1. The maximum atomic E-state index is 13.7. The molecule has 0 bridgehead atoms. The smallest absolute Gasteiger partial charge is 0.263 e. The van der Waals surface area contributed by atoms with Gasteiger partial charge in [0.2, 0.25) is 10.0 Å². The molecule has 2 aromatic carbocycles. The molecule has 1 saturated heterocycles. The average molecular weight is 496 g/mol. The highest BCUT2D eigenvalue weighted by molar-refractivity contribution is 7.89. The summed E-state index contributed by atoms with van der Waals surface area (Å²) in [5.74, 6) is 0.570. The number of nitrogens with zero attached hydrogens (tertiary/aromatic N) is 3. The van der Waals surface area contributed by atoms with Gasteiger partial charge in [0.05, 0.1) is 30.0 Å². The van der Waals surface area contributed by atoms with Gasteiger partial charge in [-0.1, -0.05) is 42.5 Å². The number of ether oxygens (including phenoxy) is 1. The molecule has 5 rings (SSSR count). The highest BCUT2D eigenvalue weighted by Crippen LogP contribution is 2.29. The second-order valence-electron chi connectivity index (χ2n) is 8.32. The monoisotopic (exact) mass is 495 g/mol. The number of hydrogen-bond acceptors (Lipinski definition) is 6. The molecule has 3 heterocycles. The van der Waals surface area contributed by atoms with Crippen LogP contribution in [0.3, 0.4) is 0 Å². The summed E-state index contributed by atoms with van der Waals surface area (Å²) in [6.07, 6.45) is 0. The molecule has 0 aliphatic carbocycles. The number of aryl methyl sites for hydroxylation is 2. The average Bonchev–Trinajstić information content (AvgIpc) is 3.15. The first kappa shape index (κ1) is 22.9. The van der Waals surface area contributed by atoms with E-state index in [2.05, 4.69) is 0 Å². The molecule has 0 spiro atoms. The fraction of sp³-hybridized carbons (Fsp3) is 0.280. The number of sulfonamides is 1. The molecule has 0 N–H and O–H groups in total. The van der Waals surface area contributed by atoms with Crippen molar-refractivity contribution in [3.63, 3.8) is 0 Å². The van der Waals surface area contributed by atoms with Crippen LogP contribution < -0.4 is 5.56 Å². The fourth-order valence-corrected chi connectivity index (χ4v) is 6.70. The first-order chi connectivity index (χ1) is 16.4. The molecule has 0 unspecified atom stereocenters. The number of benzene rings is 2. The molecule has 0 saturated carbocycles. The van der Waals surface area contributed by atoms with Crippen LogP contribution in [-0.4, -0.2) is 48.6 Å². The number of thiophene rings is 1. The van der Waals surface area contributed by atoms with Crippen molar-refractivity contribution < 1.29 is 13.2 Å². The maximum absolute atomic E-state index is 13.7. The molecule has 0 atom stereocenters. The van der Waals surface area contributed by atoms with Crippen molar-refractivity contribution in [1.82, 2.24) is 13.9 Å². The molecule has 0 amide bonds. The van der Waals surface area contributed by atoms with E-state index < -0.39 is 10.0 Å². The predicted octanol–water partition coefficient (Wildman–Crippen LogP) is 3.81. The van der Waals surface area contributed by atoms with Crippen LogP contribution in [0.15, 0.2) is 64.3 Å². The lowest BCUT2D eigenvalue weighted by Crippen LogP contribution is -2.40. The predicted molar refractivity (Wildman–Crippen MR) is 134 cm³/mol. The van der Waals surface area contributed by atoms with Crippen molar-refractivity contribution in [3.8, 4) is 11.4 Å². The lowest BCUT2D eigenvalue weighted by molar-refractivity contribution is 0.0730. The molecule has 2 aromatic heterocycles. The van der Waals surface area contributed by atoms with Crippen molar-refractivity contribution in [3.05, 3.63) is 81.0 Å². The summed E-state index contributed by atoms with van der Waals surface area (Å²) < 4.78 is 34.7. The highest BCUT2D eigenvalue weighted by atomic mass is 32.2. The summed E-state index contributed by atoms with van der Waals surface area (Å²) in [6, 6.07) is 16.4. The summed E-state index contributed by atoms with van der Waals surface area (Å²) in [7, 11) is -3.64. The van der Waals surface area contributed by atoms with Crippen LogP contribution in [0.2, 0.25) is 0 Å². The highest BCUT2D eigenvalue weighted by Gasteiger charge is 2.26. The lowest BCUT2D eigenvalue weighted by atomic mass is 10.1. The Hall–Kier alpha value is -2.85. The number of hydrogen-bond donors (Lipinski definition) is 0. The van der Waals surface area contributed by atoms with Crippen LogP contribution in [0, 0.1) is 13.8 Å². The molecular formula is C25H25N3O4S2. The number of aromatic nitrogens is 2. The third kappa shape index (κ3) is 4.09. The van der Waals surface area contributed by atoms with Gasteiger partial charge in [-0.3, -0.25) is 9.36 Å². The van der Waals surface area contributed by atoms with Crippen molar-refractivity contribution in [2.24, 2.45) is 0 Å². The molecule has 1 aliphatic rings. The topological polar surface area (TPSA) is 81.5 Å². The summed E-state index contributed by atoms with van der Waals surface area (Å²) in [4.78, 5) is 20.6. The van der Waals surface area contributed by atoms with Crippen LogP contribution in [0.25, 0.3) is 21.6 Å². The second kappa shape index (κ2) is 9.07. The number of rotatable bonds is 5. The van der Waals surface area contributed by atoms with Crippen molar-refractivity contribution in [2.45, 2.75) is 25.3 Å². The Morgan fingerprint density at radius 3 is 2.50 bits per heavy atom. The zero-order chi connectivity index (χ0) is 23.9. The first-order valence-electron chi connectivity index (χ1n) is 11.1. The van der Waals surface area contributed by atoms with Crippen LogP contribution in [0.4, 0.5) is 0 Å². The molecule has 1 fully saturated rings. The quantitative estimate of drug-likeness (QED) is 0.421. The van der Waals surface area contributed by atoms with Gasteiger partial charge in [0.25, 0.3) is 5.56 Å². The van der Waals surface area contributed by atoms with Crippen LogP contribution in [0.5, 0.6) is 0 Å². The van der Waals surface area contributed by atoms with Crippen molar-refractivity contribution in [1.29, 1.82) is 0 Å². The fourth-order valence-electron chi connectivity index (χ4n) is 4.20. The Labute approximate surface area is 202 Å². The third-order valence-electron chi connectivity index (χ3n) is 6.17. The van der Waals surface area contributed by atoms with Crippen molar-refractivity contribution in [2.75, 3.05) is 26.3 Å². The van der Waals surface area contributed by atoms with E-state index in [1.54, 1.807) is 22.8 Å². The summed E-state index contributed by atoms with van der Waals surface area (Å²) in [5, 5.41) is 0.624. The van der Waals surface area contributed by atoms with E-state index in [0.717, 1.165) is 26.4 Å². The molecule has 1 aliphatic heterocycles. The molecular weight excluding hydrogens is 470 g/mol. The minimum Gasteiger partial charge on any atom is -0.379 e. The Kier molecular flexibility index (Phi) is 6.11. The zero-order valence-corrected chi connectivity index (χ0v) is 20.7. The van der Waals surface area contributed by atoms with Gasteiger partial charge in [-0.2, -0.15) is 4.31 Å². The van der Waals surface area contributed by atoms with E-state index >= 15 is 0 Å². The molecule has 0 radical (unpaired) electrons. The normalized spacial score (nSPS) is 15.1. The molecule has 176 valence electrons. The Bertz CT molecular complexity index is 1520. The van der Waals surface area contributed by atoms with E-state index in [1.165, 1.54) is 15.6 Å². The van der Waals surface area contributed by atoms with Gasteiger partial charge in [0, 0.05) is 23.5 Å². The van der Waals surface area contributed by atoms with Gasteiger partial charge >= 0.3 is 0 Å². The lowest BCUT2D eigenvalue weighted by Gasteiger charge is -2.26. The summed E-state index contributed by atoms with van der Waals surface area (Å²) in [5.41, 5.74) is 2.38. The first-order valence-corrected chi connectivity index (χ1v) is 13.3. The number of morpholine rings is 1. The molecule has 4 aromatic rings. The largest absolute Gasteiger partial charge is 0.379 e. The van der Waals surface area contributed by atoms with Crippen LogP contribution in [0.1, 0.15) is 16.0 Å². The van der Waals surface area contributed by atoms with Gasteiger partial charge in [0.1, 0.15) is 10.7 Å². The standard InChI is InChI=1S/C25H25N3O4S2/c1-17-18(2)33-24-22(17)25(29)28(23(26-24)20-8-4-3-5-9-20)16-19-7-6-10-21(15-19)34(30,31)27-11-13-32-14-12-27/h3-10,15H,11-14,16H2,1-2H3. The van der Waals surface area contributed by atoms with Gasteiger partial charge in [-0.25, -0.2) is 13.4 Å². The Morgan fingerprint density at radius 1 is 1.03 bits per heavy atom. The van der Waals surface area contributed by atoms with Crippen LogP contribution in [-0.2, 0) is 21.3 Å².